The van der Waals surface area contributed by atoms with Gasteiger partial charge in [-0.05, 0) is 31.2 Å². The summed E-state index contributed by atoms with van der Waals surface area (Å²) in [6, 6.07) is 7.73. The third-order valence-corrected chi connectivity index (χ3v) is 4.10. The van der Waals surface area contributed by atoms with Crippen molar-refractivity contribution in [2.45, 2.75) is 31.9 Å². The van der Waals surface area contributed by atoms with Gasteiger partial charge in [0.2, 0.25) is 11.9 Å². The van der Waals surface area contributed by atoms with Crippen LogP contribution in [0.2, 0.25) is 0 Å². The summed E-state index contributed by atoms with van der Waals surface area (Å²) >= 11 is 1.68. The van der Waals surface area contributed by atoms with Gasteiger partial charge in [0.15, 0.2) is 0 Å². The minimum absolute atomic E-state index is 0.000147. The number of nitrogens with zero attached hydrogens (tertiary/aromatic N) is 1. The number of rotatable bonds is 6. The van der Waals surface area contributed by atoms with Crippen LogP contribution >= 0.6 is 11.8 Å². The molecule has 0 fully saturated rings. The molecule has 1 heterocycles. The SMILES string of the molecule is CCCCSC(C)C(=O)Nc1nc2ccccc2[nH]1. The number of H-pyrrole nitrogens is 1. The summed E-state index contributed by atoms with van der Waals surface area (Å²) in [6.45, 7) is 4.08. The zero-order valence-electron chi connectivity index (χ0n) is 11.3. The molecule has 0 bridgehead atoms. The average molecular weight is 277 g/mol. The highest BCUT2D eigenvalue weighted by molar-refractivity contribution is 8.00. The molecule has 1 atom stereocenters. The first-order valence-corrected chi connectivity index (χ1v) is 7.62. The van der Waals surface area contributed by atoms with E-state index >= 15 is 0 Å². The molecule has 0 radical (unpaired) electrons. The topological polar surface area (TPSA) is 57.8 Å². The number of nitrogens with one attached hydrogen (secondary N) is 2. The van der Waals surface area contributed by atoms with E-state index in [1.54, 1.807) is 11.8 Å². The molecule has 2 aromatic rings. The monoisotopic (exact) mass is 277 g/mol. The molecule has 5 heteroatoms. The molecule has 1 amide bonds. The molecule has 2 rings (SSSR count). The highest BCUT2D eigenvalue weighted by atomic mass is 32.2. The normalized spacial score (nSPS) is 12.5. The Morgan fingerprint density at radius 1 is 1.47 bits per heavy atom. The van der Waals surface area contributed by atoms with Crippen LogP contribution in [-0.2, 0) is 4.79 Å². The summed E-state index contributed by atoms with van der Waals surface area (Å²) in [5, 5.41) is 2.78. The Morgan fingerprint density at radius 2 is 2.26 bits per heavy atom. The van der Waals surface area contributed by atoms with Gasteiger partial charge in [-0.1, -0.05) is 25.5 Å². The second-order valence-corrected chi connectivity index (χ2v) is 5.91. The lowest BCUT2D eigenvalue weighted by Crippen LogP contribution is -2.23. The number of carbonyl (C=O) groups is 1. The molecule has 0 saturated heterocycles. The van der Waals surface area contributed by atoms with Gasteiger partial charge in [-0.25, -0.2) is 4.98 Å². The largest absolute Gasteiger partial charge is 0.324 e. The Balaban J connectivity index is 1.94. The number of imidazole rings is 1. The number of thioether (sulfide) groups is 1. The number of hydrogen-bond acceptors (Lipinski definition) is 3. The third-order valence-electron chi connectivity index (χ3n) is 2.87. The predicted octanol–water partition coefficient (Wildman–Crippen LogP) is 3.42. The van der Waals surface area contributed by atoms with Crippen LogP contribution in [0, 0.1) is 0 Å². The second-order valence-electron chi connectivity index (χ2n) is 4.46. The molecular weight excluding hydrogens is 258 g/mol. The number of anilines is 1. The number of aromatic amines is 1. The Morgan fingerprint density at radius 3 is 3.00 bits per heavy atom. The Labute approximate surface area is 117 Å². The molecule has 4 nitrogen and oxygen atoms in total. The van der Waals surface area contributed by atoms with Crippen molar-refractivity contribution in [3.05, 3.63) is 24.3 Å². The predicted molar refractivity (Wildman–Crippen MR) is 81.6 cm³/mol. The van der Waals surface area contributed by atoms with Gasteiger partial charge in [0.25, 0.3) is 0 Å². The first-order valence-electron chi connectivity index (χ1n) is 6.58. The zero-order chi connectivity index (χ0) is 13.7. The first-order chi connectivity index (χ1) is 9.20. The molecule has 1 aromatic carbocycles. The smallest absolute Gasteiger partial charge is 0.239 e. The quantitative estimate of drug-likeness (QED) is 0.795. The number of amides is 1. The maximum atomic E-state index is 12.0. The van der Waals surface area contributed by atoms with E-state index in [9.17, 15) is 4.79 Å². The number of unbranched alkanes of at least 4 members (excludes halogenated alkanes) is 1. The molecule has 0 aliphatic rings. The molecular formula is C14H19N3OS. The Hall–Kier alpha value is -1.49. The number of carbonyl (C=O) groups excluding carboxylic acids is 1. The minimum Gasteiger partial charge on any atom is -0.324 e. The van der Waals surface area contributed by atoms with E-state index in [1.807, 2.05) is 31.2 Å². The van der Waals surface area contributed by atoms with Crippen molar-refractivity contribution >= 4 is 34.7 Å². The van der Waals surface area contributed by atoms with Crippen LogP contribution in [-0.4, -0.2) is 26.9 Å². The number of benzene rings is 1. The van der Waals surface area contributed by atoms with Crippen LogP contribution < -0.4 is 5.32 Å². The average Bonchev–Trinajstić information content (AvgIpc) is 2.80. The van der Waals surface area contributed by atoms with Gasteiger partial charge in [0, 0.05) is 0 Å². The summed E-state index contributed by atoms with van der Waals surface area (Å²) in [7, 11) is 0. The van der Waals surface area contributed by atoms with Crippen LogP contribution in [0.1, 0.15) is 26.7 Å². The highest BCUT2D eigenvalue weighted by Gasteiger charge is 2.14. The lowest BCUT2D eigenvalue weighted by Gasteiger charge is -2.09. The van der Waals surface area contributed by atoms with Gasteiger partial charge in [0.05, 0.1) is 16.3 Å². The highest BCUT2D eigenvalue weighted by Crippen LogP contribution is 2.17. The van der Waals surface area contributed by atoms with Crippen molar-refractivity contribution < 1.29 is 4.79 Å². The van der Waals surface area contributed by atoms with Crippen molar-refractivity contribution in [2.24, 2.45) is 0 Å². The molecule has 2 N–H and O–H groups in total. The van der Waals surface area contributed by atoms with Crippen molar-refractivity contribution in [1.82, 2.24) is 9.97 Å². The van der Waals surface area contributed by atoms with E-state index in [0.29, 0.717) is 5.95 Å². The van der Waals surface area contributed by atoms with Gasteiger partial charge >= 0.3 is 0 Å². The van der Waals surface area contributed by atoms with Gasteiger partial charge in [0.1, 0.15) is 0 Å². The first kappa shape index (κ1) is 13.9. The fourth-order valence-electron chi connectivity index (χ4n) is 1.71. The number of fused-ring (bicyclic) bond motifs is 1. The fraction of sp³-hybridized carbons (Fsp3) is 0.429. The van der Waals surface area contributed by atoms with E-state index in [4.69, 9.17) is 0 Å². The molecule has 0 spiro atoms. The minimum atomic E-state index is -0.0558. The van der Waals surface area contributed by atoms with Crippen LogP contribution in [0.15, 0.2) is 24.3 Å². The molecule has 1 unspecified atom stereocenters. The van der Waals surface area contributed by atoms with E-state index in [1.165, 1.54) is 0 Å². The summed E-state index contributed by atoms with van der Waals surface area (Å²) < 4.78 is 0. The van der Waals surface area contributed by atoms with Crippen molar-refractivity contribution in [3.8, 4) is 0 Å². The molecule has 1 aromatic heterocycles. The molecule has 102 valence electrons. The van der Waals surface area contributed by atoms with Crippen molar-refractivity contribution in [2.75, 3.05) is 11.1 Å². The standard InChI is InChI=1S/C14H19N3OS/c1-3-4-9-19-10(2)13(18)17-14-15-11-7-5-6-8-12(11)16-14/h5-8,10H,3-4,9H2,1-2H3,(H2,15,16,17,18). The zero-order valence-corrected chi connectivity index (χ0v) is 12.1. The molecule has 0 saturated carbocycles. The Bertz CT molecular complexity index is 519. The summed E-state index contributed by atoms with van der Waals surface area (Å²) in [4.78, 5) is 19.4. The van der Waals surface area contributed by atoms with Gasteiger partial charge in [-0.15, -0.1) is 11.8 Å². The number of aromatic nitrogens is 2. The Kier molecular flexibility index (Phi) is 4.85. The summed E-state index contributed by atoms with van der Waals surface area (Å²) in [5.41, 5.74) is 1.80. The maximum absolute atomic E-state index is 12.0. The molecule has 0 aliphatic carbocycles. The lowest BCUT2D eigenvalue weighted by atomic mass is 10.3. The van der Waals surface area contributed by atoms with Gasteiger partial charge in [-0.3, -0.25) is 10.1 Å². The third kappa shape index (κ3) is 3.73. The molecule has 19 heavy (non-hydrogen) atoms. The van der Waals surface area contributed by atoms with Crippen LogP contribution in [0.3, 0.4) is 0 Å². The molecule has 0 aliphatic heterocycles. The van der Waals surface area contributed by atoms with Crippen molar-refractivity contribution in [3.63, 3.8) is 0 Å². The fourth-order valence-corrected chi connectivity index (χ4v) is 2.73. The summed E-state index contributed by atoms with van der Waals surface area (Å²) in [6.07, 6.45) is 2.30. The van der Waals surface area contributed by atoms with E-state index in [-0.39, 0.29) is 11.2 Å². The second kappa shape index (κ2) is 6.61. The number of para-hydroxylation sites is 2. The summed E-state index contributed by atoms with van der Waals surface area (Å²) in [5.74, 6) is 1.54. The van der Waals surface area contributed by atoms with Gasteiger partial charge in [-0.2, -0.15) is 0 Å². The van der Waals surface area contributed by atoms with E-state index < -0.39 is 0 Å². The van der Waals surface area contributed by atoms with Crippen LogP contribution in [0.25, 0.3) is 11.0 Å². The van der Waals surface area contributed by atoms with E-state index in [2.05, 4.69) is 22.2 Å². The maximum Gasteiger partial charge on any atom is 0.239 e. The van der Waals surface area contributed by atoms with E-state index in [0.717, 1.165) is 29.6 Å². The van der Waals surface area contributed by atoms with Crippen molar-refractivity contribution in [1.29, 1.82) is 0 Å². The van der Waals surface area contributed by atoms with Crippen LogP contribution in [0.5, 0.6) is 0 Å². The van der Waals surface area contributed by atoms with Crippen LogP contribution in [0.4, 0.5) is 5.95 Å². The van der Waals surface area contributed by atoms with Gasteiger partial charge < -0.3 is 4.98 Å². The lowest BCUT2D eigenvalue weighted by molar-refractivity contribution is -0.115. The number of hydrogen-bond donors (Lipinski definition) is 2.